The van der Waals surface area contributed by atoms with Gasteiger partial charge in [-0.1, -0.05) is 11.2 Å². The first-order valence-corrected chi connectivity index (χ1v) is 7.72. The SMILES string of the molecule is C/C(C=O)=C(\C)N[O-].CC(=N\[O-])/C(C)=N/O.[Cl][Co+2].c1ccncc1. The average Bonchev–Trinajstić information content (AvgIpc) is 2.69. The van der Waals surface area contributed by atoms with Gasteiger partial charge in [-0.2, -0.15) is 0 Å². The Morgan fingerprint density at radius 3 is 1.79 bits per heavy atom. The molecule has 0 amide bonds. The van der Waals surface area contributed by atoms with Crippen LogP contribution in [0.2, 0.25) is 0 Å². The first-order valence-electron chi connectivity index (χ1n) is 6.28. The zero-order chi connectivity index (χ0) is 19.4. The minimum absolute atomic E-state index is 0.201. The molecule has 1 aromatic rings. The molecule has 2 N–H and O–H groups in total. The second kappa shape index (κ2) is 21.1. The second-order valence-corrected chi connectivity index (χ2v) is 3.91. The molecule has 0 atom stereocenters. The molecule has 24 heavy (non-hydrogen) atoms. The van der Waals surface area contributed by atoms with E-state index in [1.807, 2.05) is 18.2 Å². The fourth-order valence-corrected chi connectivity index (χ4v) is 0.620. The van der Waals surface area contributed by atoms with E-state index in [1.54, 1.807) is 31.7 Å². The number of carbonyl (C=O) groups is 1. The van der Waals surface area contributed by atoms with Crippen molar-refractivity contribution < 1.29 is 24.8 Å². The summed E-state index contributed by atoms with van der Waals surface area (Å²) in [5.74, 6) is 0. The molecule has 0 aliphatic heterocycles. The van der Waals surface area contributed by atoms with Crippen LogP contribution in [0.1, 0.15) is 27.7 Å². The van der Waals surface area contributed by atoms with Gasteiger partial charge in [0.15, 0.2) is 0 Å². The fourth-order valence-electron chi connectivity index (χ4n) is 0.620. The van der Waals surface area contributed by atoms with Crippen molar-refractivity contribution in [1.82, 2.24) is 10.5 Å². The smallest absolute Gasteiger partial charge is 0.0267 e. The third kappa shape index (κ3) is 18.1. The van der Waals surface area contributed by atoms with Crippen LogP contribution in [0.5, 0.6) is 0 Å². The van der Waals surface area contributed by atoms with Gasteiger partial charge in [0.05, 0.1) is 11.4 Å². The van der Waals surface area contributed by atoms with Gasteiger partial charge in [-0.3, -0.25) is 9.78 Å². The van der Waals surface area contributed by atoms with E-state index in [9.17, 15) is 15.2 Å². The van der Waals surface area contributed by atoms with Crippen LogP contribution in [0.3, 0.4) is 0 Å². The zero-order valence-electron chi connectivity index (χ0n) is 13.7. The molecule has 8 nitrogen and oxygen atoms in total. The van der Waals surface area contributed by atoms with Crippen LogP contribution in [0.25, 0.3) is 0 Å². The molecule has 0 bridgehead atoms. The van der Waals surface area contributed by atoms with E-state index in [4.69, 9.17) is 5.21 Å². The third-order valence-corrected chi connectivity index (χ3v) is 2.30. The molecule has 0 aliphatic rings. The Bertz CT molecular complexity index is 468. The number of carbonyl (C=O) groups excluding carboxylic acids is 1. The summed E-state index contributed by atoms with van der Waals surface area (Å²) in [6.07, 6.45) is 4.14. The summed E-state index contributed by atoms with van der Waals surface area (Å²) in [4.78, 5) is 13.7. The van der Waals surface area contributed by atoms with Crippen molar-refractivity contribution in [2.24, 2.45) is 10.3 Å². The predicted molar refractivity (Wildman–Crippen MR) is 92.4 cm³/mol. The standard InChI is InChI=1S/C5H8NO2.C5H5N.C4H8N2O2.ClH.Co/c1-4(3-7)5(2)6-8;1-2-4-6-5-3-1;1-3(5-7)4(2)6-8;;/h3,6H,1-2H3;1-5H;7-8H,1-2H3;1H;/q-1;;;;+3/p-2/b5-4-;;5-3+,6-4+;;. The van der Waals surface area contributed by atoms with Crippen LogP contribution < -0.4 is 5.48 Å². The van der Waals surface area contributed by atoms with Gasteiger partial charge in [0.25, 0.3) is 0 Å². The number of nitrogens with one attached hydrogen (secondary N) is 1. The Labute approximate surface area is 153 Å². The summed E-state index contributed by atoms with van der Waals surface area (Å²) in [7, 11) is 4.33. The van der Waals surface area contributed by atoms with Crippen LogP contribution in [0.4, 0.5) is 0 Å². The maximum Gasteiger partial charge on any atom is 0.0267 e. The fraction of sp³-hybridized carbons (Fsp3) is 0.286. The Kier molecular flexibility index (Phi) is 23.6. The van der Waals surface area contributed by atoms with Crippen LogP contribution in [-0.4, -0.2) is 27.9 Å². The van der Waals surface area contributed by atoms with Crippen LogP contribution in [0, 0.1) is 10.4 Å². The van der Waals surface area contributed by atoms with Crippen LogP contribution in [0.15, 0.2) is 52.2 Å². The van der Waals surface area contributed by atoms with E-state index in [1.165, 1.54) is 13.8 Å². The minimum atomic E-state index is 0.201. The molecule has 0 radical (unpaired) electrons. The van der Waals surface area contributed by atoms with Crippen molar-refractivity contribution in [2.45, 2.75) is 27.7 Å². The molecule has 0 saturated heterocycles. The van der Waals surface area contributed by atoms with Crippen molar-refractivity contribution in [2.75, 3.05) is 0 Å². The van der Waals surface area contributed by atoms with Crippen molar-refractivity contribution in [3.05, 3.63) is 52.3 Å². The van der Waals surface area contributed by atoms with E-state index >= 15 is 0 Å². The molecule has 0 saturated carbocycles. The number of hydrogen-bond donors (Lipinski definition) is 2. The largest absolute Gasteiger partial charge is 0.265 e. The molecule has 1 rings (SSSR count). The van der Waals surface area contributed by atoms with Crippen LogP contribution >= 0.6 is 10.1 Å². The topological polar surface area (TPSA) is 133 Å². The normalized spacial score (nSPS) is 11.1. The first kappa shape index (κ1) is 26.9. The number of oxime groups is 1. The summed E-state index contributed by atoms with van der Waals surface area (Å²) in [5, 5.41) is 32.7. The molecular formula is C14H20ClCoN4O4. The Balaban J connectivity index is -0.000000263. The molecule has 10 heteroatoms. The second-order valence-electron chi connectivity index (χ2n) is 3.91. The van der Waals surface area contributed by atoms with E-state index in [0.29, 0.717) is 17.6 Å². The summed E-state index contributed by atoms with van der Waals surface area (Å²) >= 11 is 3.03. The molecule has 0 aromatic carbocycles. The number of hydrogen-bond acceptors (Lipinski definition) is 8. The third-order valence-electron chi connectivity index (χ3n) is 2.30. The first-order chi connectivity index (χ1) is 11.4. The van der Waals surface area contributed by atoms with E-state index in [-0.39, 0.29) is 11.4 Å². The summed E-state index contributed by atoms with van der Waals surface area (Å²) in [5.41, 5.74) is 2.88. The van der Waals surface area contributed by atoms with Gasteiger partial charge in [0.2, 0.25) is 0 Å². The number of halogens is 1. The van der Waals surface area contributed by atoms with Crippen LogP contribution in [-0.2, 0) is 19.6 Å². The summed E-state index contributed by atoms with van der Waals surface area (Å²) in [6, 6.07) is 5.72. The minimum Gasteiger partial charge on any atom is -0.265 e. The molecule has 136 valence electrons. The summed E-state index contributed by atoms with van der Waals surface area (Å²) < 4.78 is 0. The van der Waals surface area contributed by atoms with Crippen molar-refractivity contribution in [3.63, 3.8) is 0 Å². The van der Waals surface area contributed by atoms with E-state index < -0.39 is 0 Å². The van der Waals surface area contributed by atoms with E-state index in [2.05, 4.69) is 40.3 Å². The quantitative estimate of drug-likeness (QED) is 0.262. The Morgan fingerprint density at radius 2 is 1.67 bits per heavy atom. The number of aromatic nitrogens is 1. The number of aldehydes is 1. The van der Waals surface area contributed by atoms with Gasteiger partial charge in [-0.05, 0) is 39.8 Å². The van der Waals surface area contributed by atoms with Gasteiger partial charge in [-0.15, -0.1) is 0 Å². The van der Waals surface area contributed by atoms with Gasteiger partial charge < -0.3 is 26.3 Å². The Hall–Kier alpha value is -1.94. The monoisotopic (exact) mass is 402 g/mol. The predicted octanol–water partition coefficient (Wildman–Crippen LogP) is 3.13. The van der Waals surface area contributed by atoms with Crippen molar-refractivity contribution >= 4 is 27.9 Å². The zero-order valence-corrected chi connectivity index (χ0v) is 15.5. The Morgan fingerprint density at radius 1 is 1.17 bits per heavy atom. The average molecular weight is 403 g/mol. The number of hydroxylamine groups is 1. The number of allylic oxidation sites excluding steroid dienone is 2. The molecule has 0 aliphatic carbocycles. The number of rotatable bonds is 3. The van der Waals surface area contributed by atoms with Gasteiger partial charge >= 0.3 is 25.0 Å². The van der Waals surface area contributed by atoms with E-state index in [0.717, 1.165) is 0 Å². The molecular weight excluding hydrogens is 383 g/mol. The van der Waals surface area contributed by atoms with Gasteiger partial charge in [0.1, 0.15) is 6.29 Å². The number of nitrogens with zero attached hydrogens (tertiary/aromatic N) is 3. The molecule has 1 aromatic heterocycles. The molecule has 0 unspecified atom stereocenters. The molecule has 0 fully saturated rings. The maximum atomic E-state index is 9.87. The molecule has 1 heterocycles. The van der Waals surface area contributed by atoms with Gasteiger partial charge in [0, 0.05) is 23.7 Å². The summed E-state index contributed by atoms with van der Waals surface area (Å²) in [6.45, 7) is 6.10. The maximum absolute atomic E-state index is 9.87. The van der Waals surface area contributed by atoms with Crippen molar-refractivity contribution in [1.29, 1.82) is 0 Å². The number of pyridine rings is 1. The molecule has 0 spiro atoms. The van der Waals surface area contributed by atoms with Crippen molar-refractivity contribution in [3.8, 4) is 0 Å². The van der Waals surface area contributed by atoms with Gasteiger partial charge in [-0.25, -0.2) is 0 Å².